The number of unbranched alkanes of at least 4 members (excludes halogenated alkanes) is 1. The van der Waals surface area contributed by atoms with Crippen LogP contribution in [0.15, 0.2) is 4.52 Å². The highest BCUT2D eigenvalue weighted by atomic mass is 127. The normalized spacial score (nSPS) is 28.0. The van der Waals surface area contributed by atoms with E-state index in [-0.39, 0.29) is 17.1 Å². The van der Waals surface area contributed by atoms with E-state index in [0.717, 1.165) is 39.6 Å². The Morgan fingerprint density at radius 2 is 1.96 bits per heavy atom. The minimum Gasteiger partial charge on any atom is -0.359 e. The van der Waals surface area contributed by atoms with Crippen molar-refractivity contribution in [2.45, 2.75) is 75.9 Å². The average molecular weight is 448 g/mol. The molecular formula is C18H31IN3O2+. The van der Waals surface area contributed by atoms with Crippen molar-refractivity contribution in [1.29, 1.82) is 0 Å². The van der Waals surface area contributed by atoms with E-state index in [1.165, 1.54) is 12.8 Å². The Balaban J connectivity index is 2.28. The third kappa shape index (κ3) is 2.52. The first-order valence-electron chi connectivity index (χ1n) is 8.97. The zero-order valence-corrected chi connectivity index (χ0v) is 18.0. The van der Waals surface area contributed by atoms with Gasteiger partial charge in [-0.3, -0.25) is 14.6 Å². The largest absolute Gasteiger partial charge is 0.359 e. The zero-order valence-electron chi connectivity index (χ0n) is 15.8. The van der Waals surface area contributed by atoms with Gasteiger partial charge in [0.15, 0.2) is 11.2 Å². The first-order valence-corrected chi connectivity index (χ1v) is 10.5. The summed E-state index contributed by atoms with van der Waals surface area (Å²) >= 11 is 2.23. The van der Waals surface area contributed by atoms with E-state index in [9.17, 15) is 4.79 Å². The fourth-order valence-electron chi connectivity index (χ4n) is 4.82. The number of rotatable bonds is 8. The summed E-state index contributed by atoms with van der Waals surface area (Å²) < 4.78 is 6.93. The van der Waals surface area contributed by atoms with Crippen LogP contribution in [0.3, 0.4) is 0 Å². The third-order valence-corrected chi connectivity index (χ3v) is 7.32. The predicted octanol–water partition coefficient (Wildman–Crippen LogP) is 4.18. The second-order valence-electron chi connectivity index (χ2n) is 7.25. The topological polar surface area (TPSA) is 55.1 Å². The summed E-state index contributed by atoms with van der Waals surface area (Å²) in [7, 11) is 2.29. The van der Waals surface area contributed by atoms with E-state index in [1.807, 2.05) is 6.92 Å². The van der Waals surface area contributed by atoms with Gasteiger partial charge in [0, 0.05) is 25.3 Å². The van der Waals surface area contributed by atoms with Crippen LogP contribution >= 0.6 is 22.6 Å². The number of aromatic nitrogens is 1. The molecule has 1 N–H and O–H groups in total. The minimum atomic E-state index is -0.251. The van der Waals surface area contributed by atoms with E-state index in [1.54, 1.807) is 0 Å². The van der Waals surface area contributed by atoms with Gasteiger partial charge in [0.1, 0.15) is 5.76 Å². The van der Waals surface area contributed by atoms with Gasteiger partial charge < -0.3 is 4.52 Å². The summed E-state index contributed by atoms with van der Waals surface area (Å²) in [6.45, 7) is 11.9. The molecule has 1 aliphatic rings. The maximum absolute atomic E-state index is 12.9. The van der Waals surface area contributed by atoms with Crippen LogP contribution in [-0.2, 0) is 4.43 Å². The molecule has 0 spiro atoms. The zero-order chi connectivity index (χ0) is 18.2. The van der Waals surface area contributed by atoms with Crippen molar-refractivity contribution in [2.24, 2.45) is 0 Å². The molecule has 6 heteroatoms. The summed E-state index contributed by atoms with van der Waals surface area (Å²) in [4.78, 5) is 12.9. The van der Waals surface area contributed by atoms with Crippen LogP contribution in [-0.4, -0.2) is 40.3 Å². The van der Waals surface area contributed by atoms with Crippen LogP contribution in [0.5, 0.6) is 0 Å². The molecule has 0 saturated carbocycles. The molecule has 5 nitrogen and oxygen atoms in total. The van der Waals surface area contributed by atoms with E-state index in [0.29, 0.717) is 5.69 Å². The minimum absolute atomic E-state index is 0.0988. The molecule has 1 aromatic heterocycles. The highest BCUT2D eigenvalue weighted by molar-refractivity contribution is 14.1. The summed E-state index contributed by atoms with van der Waals surface area (Å²) in [6, 6.07) is 0. The van der Waals surface area contributed by atoms with Gasteiger partial charge in [-0.15, -0.1) is 0 Å². The van der Waals surface area contributed by atoms with Crippen LogP contribution in [0.25, 0.3) is 0 Å². The molecular weight excluding hydrogens is 417 g/mol. The number of quaternary nitrogens is 1. The van der Waals surface area contributed by atoms with Gasteiger partial charge in [-0.1, -0.05) is 54.9 Å². The van der Waals surface area contributed by atoms with Gasteiger partial charge in [0.25, 0.3) is 5.91 Å². The number of nitrogens with one attached hydrogen (secondary N) is 1. The number of likely N-dealkylation sites (N-methyl/N-ethyl adjacent to an activating group) is 1. The molecule has 0 bridgehead atoms. The summed E-state index contributed by atoms with van der Waals surface area (Å²) in [5.74, 6) is 0.668. The Morgan fingerprint density at radius 3 is 2.42 bits per heavy atom. The summed E-state index contributed by atoms with van der Waals surface area (Å²) in [5, 5.41) is 7.33. The van der Waals surface area contributed by atoms with E-state index in [4.69, 9.17) is 4.52 Å². The molecule has 2 rings (SSSR count). The van der Waals surface area contributed by atoms with Gasteiger partial charge in [-0.05, 0) is 13.3 Å². The molecule has 1 saturated heterocycles. The second-order valence-corrected chi connectivity index (χ2v) is 8.01. The van der Waals surface area contributed by atoms with Gasteiger partial charge in [-0.25, -0.2) is 0 Å². The Kier molecular flexibility index (Phi) is 5.69. The van der Waals surface area contributed by atoms with Crippen molar-refractivity contribution in [2.75, 3.05) is 13.6 Å². The van der Waals surface area contributed by atoms with Crippen molar-refractivity contribution < 1.29 is 13.8 Å². The summed E-state index contributed by atoms with van der Waals surface area (Å²) in [5.41, 5.74) is 1.13. The molecule has 24 heavy (non-hydrogen) atoms. The fraction of sp³-hybridized carbons (Fsp3) is 0.778. The second kappa shape index (κ2) is 6.94. The quantitative estimate of drug-likeness (QED) is 0.281. The monoisotopic (exact) mass is 448 g/mol. The standard InChI is InChI=1S/C18H30IN3O2/c1-7-10-11-22(6)17(5,18(22,8-2)9-3)20-16(23)15-13(4)14(12-19)24-21-15/h7-12H2,1-6H3/p+1. The molecule has 136 valence electrons. The first-order chi connectivity index (χ1) is 11.3. The van der Waals surface area contributed by atoms with Crippen LogP contribution in [0.1, 0.15) is 75.2 Å². The molecule has 1 fully saturated rings. The molecule has 2 unspecified atom stereocenters. The van der Waals surface area contributed by atoms with Crippen molar-refractivity contribution in [3.63, 3.8) is 0 Å². The maximum atomic E-state index is 12.9. The molecule has 1 aromatic rings. The van der Waals surface area contributed by atoms with Crippen molar-refractivity contribution in [3.8, 4) is 0 Å². The molecule has 0 radical (unpaired) electrons. The lowest BCUT2D eigenvalue weighted by Gasteiger charge is -2.21. The molecule has 1 amide bonds. The van der Waals surface area contributed by atoms with E-state index >= 15 is 0 Å². The van der Waals surface area contributed by atoms with Crippen LogP contribution in [0, 0.1) is 6.92 Å². The molecule has 2 atom stereocenters. The lowest BCUT2D eigenvalue weighted by atomic mass is 9.94. The van der Waals surface area contributed by atoms with Crippen molar-refractivity contribution >= 4 is 28.5 Å². The number of halogens is 1. The van der Waals surface area contributed by atoms with E-state index in [2.05, 4.69) is 67.8 Å². The van der Waals surface area contributed by atoms with Crippen molar-refractivity contribution in [1.82, 2.24) is 10.5 Å². The molecule has 2 heterocycles. The SMILES string of the molecule is CCCC[N+]1(C)C(CC)(CC)C1(C)NC(=O)c1noc(CI)c1C. The molecule has 0 aliphatic carbocycles. The number of amides is 1. The van der Waals surface area contributed by atoms with Gasteiger partial charge in [0.05, 0.1) is 18.0 Å². The van der Waals surface area contributed by atoms with Crippen LogP contribution in [0.2, 0.25) is 0 Å². The number of carbonyl (C=O) groups excluding carboxylic acids is 1. The Hall–Kier alpha value is -0.630. The predicted molar refractivity (Wildman–Crippen MR) is 104 cm³/mol. The third-order valence-electron chi connectivity index (χ3n) is 6.63. The number of nitrogens with zero attached hydrogens (tertiary/aromatic N) is 2. The van der Waals surface area contributed by atoms with Gasteiger partial charge in [0.2, 0.25) is 5.66 Å². The van der Waals surface area contributed by atoms with Crippen LogP contribution < -0.4 is 5.32 Å². The number of hydrogen-bond donors (Lipinski definition) is 1. The lowest BCUT2D eigenvalue weighted by molar-refractivity contribution is -0.836. The lowest BCUT2D eigenvalue weighted by Crippen LogP contribution is -2.45. The number of carbonyl (C=O) groups is 1. The number of hydrogen-bond acceptors (Lipinski definition) is 3. The smallest absolute Gasteiger partial charge is 0.278 e. The fourth-order valence-corrected chi connectivity index (χ4v) is 5.53. The Morgan fingerprint density at radius 1 is 1.33 bits per heavy atom. The summed E-state index contributed by atoms with van der Waals surface area (Å²) in [6.07, 6.45) is 4.45. The maximum Gasteiger partial charge on any atom is 0.278 e. The van der Waals surface area contributed by atoms with Crippen molar-refractivity contribution in [3.05, 3.63) is 17.0 Å². The van der Waals surface area contributed by atoms with E-state index < -0.39 is 0 Å². The van der Waals surface area contributed by atoms with Gasteiger partial charge in [-0.2, -0.15) is 0 Å². The van der Waals surface area contributed by atoms with Gasteiger partial charge >= 0.3 is 0 Å². The highest BCUT2D eigenvalue weighted by Gasteiger charge is 2.84. The first kappa shape index (κ1) is 19.7. The Bertz CT molecular complexity index is 611. The highest BCUT2D eigenvalue weighted by Crippen LogP contribution is 2.61. The Labute approximate surface area is 159 Å². The molecule has 0 aromatic carbocycles. The average Bonchev–Trinajstić information content (AvgIpc) is 2.81. The molecule has 1 aliphatic heterocycles. The number of alkyl halides is 1. The van der Waals surface area contributed by atoms with Crippen LogP contribution in [0.4, 0.5) is 0 Å².